The van der Waals surface area contributed by atoms with E-state index < -0.39 is 22.5 Å². The average Bonchev–Trinajstić information content (AvgIpc) is 2.74. The maximum atomic E-state index is 13.2. The third-order valence-electron chi connectivity index (χ3n) is 4.42. The van der Waals surface area contributed by atoms with Crippen molar-refractivity contribution in [2.45, 2.75) is 18.7 Å². The minimum absolute atomic E-state index is 0.118. The molecule has 7 heteroatoms. The van der Waals surface area contributed by atoms with Crippen molar-refractivity contribution in [1.29, 1.82) is 0 Å². The lowest BCUT2D eigenvalue weighted by molar-refractivity contribution is -0.119. The van der Waals surface area contributed by atoms with E-state index in [0.29, 0.717) is 5.69 Å². The number of rotatable bonds is 7. The molecule has 0 spiro atoms. The predicted octanol–water partition coefficient (Wildman–Crippen LogP) is 3.65. The van der Waals surface area contributed by atoms with Gasteiger partial charge in [-0.05, 0) is 43.7 Å². The second-order valence-corrected chi connectivity index (χ2v) is 8.73. The number of anilines is 1. The molecule has 0 radical (unpaired) electrons. The Morgan fingerprint density at radius 2 is 1.47 bits per heavy atom. The summed E-state index contributed by atoms with van der Waals surface area (Å²) in [4.78, 5) is 12.6. The quantitative estimate of drug-likeness (QED) is 0.467. The standard InChI is InChI=1S/C23H23N3O3S/c1-18-8-12-20(13-9-18)16-24-25-23(27)17-26(21-6-4-3-5-7-21)30(28,29)22-14-10-19(2)11-15-22/h3-16H,17H2,1-2H3,(H,25,27)/b24-16-. The molecule has 6 nitrogen and oxygen atoms in total. The van der Waals surface area contributed by atoms with Crippen LogP contribution in [0.2, 0.25) is 0 Å². The molecule has 3 rings (SSSR count). The summed E-state index contributed by atoms with van der Waals surface area (Å²) in [6.45, 7) is 3.46. The van der Waals surface area contributed by atoms with E-state index in [9.17, 15) is 13.2 Å². The van der Waals surface area contributed by atoms with Gasteiger partial charge in [-0.1, -0.05) is 65.7 Å². The maximum absolute atomic E-state index is 13.2. The van der Waals surface area contributed by atoms with Crippen molar-refractivity contribution in [2.75, 3.05) is 10.8 Å². The molecule has 0 bridgehead atoms. The number of hydrazone groups is 1. The number of hydrogen-bond donors (Lipinski definition) is 1. The lowest BCUT2D eigenvalue weighted by atomic mass is 10.2. The van der Waals surface area contributed by atoms with Gasteiger partial charge in [0.15, 0.2) is 0 Å². The van der Waals surface area contributed by atoms with Gasteiger partial charge in [0.05, 0.1) is 16.8 Å². The van der Waals surface area contributed by atoms with Gasteiger partial charge in [-0.2, -0.15) is 5.10 Å². The van der Waals surface area contributed by atoms with Gasteiger partial charge in [0.1, 0.15) is 6.54 Å². The first-order valence-corrected chi connectivity index (χ1v) is 10.8. The highest BCUT2D eigenvalue weighted by atomic mass is 32.2. The van der Waals surface area contributed by atoms with E-state index in [1.807, 2.05) is 38.1 Å². The number of nitrogens with zero attached hydrogens (tertiary/aromatic N) is 2. The number of nitrogens with one attached hydrogen (secondary N) is 1. The zero-order valence-corrected chi connectivity index (χ0v) is 17.6. The molecule has 1 N–H and O–H groups in total. The summed E-state index contributed by atoms with van der Waals surface area (Å²) in [5, 5.41) is 3.94. The molecule has 154 valence electrons. The van der Waals surface area contributed by atoms with Crippen LogP contribution in [0.5, 0.6) is 0 Å². The highest BCUT2D eigenvalue weighted by Gasteiger charge is 2.27. The fraction of sp³-hybridized carbons (Fsp3) is 0.130. The Morgan fingerprint density at radius 1 is 0.900 bits per heavy atom. The van der Waals surface area contributed by atoms with Gasteiger partial charge < -0.3 is 0 Å². The summed E-state index contributed by atoms with van der Waals surface area (Å²) < 4.78 is 27.5. The van der Waals surface area contributed by atoms with Crippen LogP contribution >= 0.6 is 0 Å². The molecule has 0 saturated carbocycles. The predicted molar refractivity (Wildman–Crippen MR) is 119 cm³/mol. The molecular formula is C23H23N3O3S. The molecule has 0 atom stereocenters. The Balaban J connectivity index is 1.80. The topological polar surface area (TPSA) is 78.8 Å². The van der Waals surface area contributed by atoms with E-state index in [0.717, 1.165) is 21.0 Å². The van der Waals surface area contributed by atoms with Gasteiger partial charge in [0.25, 0.3) is 15.9 Å². The highest BCUT2D eigenvalue weighted by molar-refractivity contribution is 7.92. The summed E-state index contributed by atoms with van der Waals surface area (Å²) in [7, 11) is -3.93. The fourth-order valence-electron chi connectivity index (χ4n) is 2.74. The van der Waals surface area contributed by atoms with Crippen molar-refractivity contribution in [3.63, 3.8) is 0 Å². The third-order valence-corrected chi connectivity index (χ3v) is 6.21. The first-order valence-electron chi connectivity index (χ1n) is 9.39. The average molecular weight is 422 g/mol. The van der Waals surface area contributed by atoms with Crippen molar-refractivity contribution >= 4 is 27.8 Å². The fourth-order valence-corrected chi connectivity index (χ4v) is 4.16. The zero-order chi connectivity index (χ0) is 21.6. The zero-order valence-electron chi connectivity index (χ0n) is 16.8. The van der Waals surface area contributed by atoms with Gasteiger partial charge in [0, 0.05) is 0 Å². The summed E-state index contributed by atoms with van der Waals surface area (Å²) in [5.74, 6) is -0.544. The second kappa shape index (κ2) is 9.37. The number of carbonyl (C=O) groups excluding carboxylic acids is 1. The molecule has 0 aliphatic heterocycles. The minimum atomic E-state index is -3.93. The van der Waals surface area contributed by atoms with E-state index in [1.54, 1.807) is 42.5 Å². The summed E-state index contributed by atoms with van der Waals surface area (Å²) >= 11 is 0. The van der Waals surface area contributed by atoms with Crippen molar-refractivity contribution in [1.82, 2.24) is 5.43 Å². The third kappa shape index (κ3) is 5.33. The number of carbonyl (C=O) groups is 1. The van der Waals surface area contributed by atoms with Crippen LogP contribution in [-0.2, 0) is 14.8 Å². The maximum Gasteiger partial charge on any atom is 0.264 e. The minimum Gasteiger partial charge on any atom is -0.271 e. The molecular weight excluding hydrogens is 398 g/mol. The highest BCUT2D eigenvalue weighted by Crippen LogP contribution is 2.23. The molecule has 0 aromatic heterocycles. The van der Waals surface area contributed by atoms with Crippen molar-refractivity contribution in [2.24, 2.45) is 5.10 Å². The van der Waals surface area contributed by atoms with Crippen molar-refractivity contribution in [3.8, 4) is 0 Å². The Bertz CT molecular complexity index is 1120. The SMILES string of the molecule is Cc1ccc(/C=N\NC(=O)CN(c2ccccc2)S(=O)(=O)c2ccc(C)cc2)cc1. The molecule has 1 amide bonds. The van der Waals surface area contributed by atoms with Crippen LogP contribution in [0.15, 0.2) is 88.9 Å². The van der Waals surface area contributed by atoms with Crippen LogP contribution in [0.1, 0.15) is 16.7 Å². The van der Waals surface area contributed by atoms with Crippen molar-refractivity contribution < 1.29 is 13.2 Å². The smallest absolute Gasteiger partial charge is 0.264 e. The molecule has 30 heavy (non-hydrogen) atoms. The molecule has 3 aromatic rings. The molecule has 0 fully saturated rings. The molecule has 0 aliphatic carbocycles. The van der Waals surface area contributed by atoms with Crippen LogP contribution in [0.25, 0.3) is 0 Å². The monoisotopic (exact) mass is 421 g/mol. The van der Waals surface area contributed by atoms with Crippen LogP contribution in [-0.4, -0.2) is 27.1 Å². The number of para-hydroxylation sites is 1. The van der Waals surface area contributed by atoms with E-state index >= 15 is 0 Å². The van der Waals surface area contributed by atoms with Gasteiger partial charge >= 0.3 is 0 Å². The number of sulfonamides is 1. The lowest BCUT2D eigenvalue weighted by Crippen LogP contribution is -2.39. The Morgan fingerprint density at radius 3 is 2.07 bits per heavy atom. The molecule has 3 aromatic carbocycles. The van der Waals surface area contributed by atoms with E-state index in [4.69, 9.17) is 0 Å². The largest absolute Gasteiger partial charge is 0.271 e. The number of aryl methyl sites for hydroxylation is 2. The summed E-state index contributed by atoms with van der Waals surface area (Å²) in [6, 6.07) is 22.7. The first kappa shape index (κ1) is 21.3. The number of hydrogen-bond acceptors (Lipinski definition) is 4. The first-order chi connectivity index (χ1) is 14.4. The number of amides is 1. The van der Waals surface area contributed by atoms with Gasteiger partial charge in [0.2, 0.25) is 0 Å². The van der Waals surface area contributed by atoms with Gasteiger partial charge in [-0.3, -0.25) is 9.10 Å². The van der Waals surface area contributed by atoms with E-state index in [1.165, 1.54) is 18.3 Å². The van der Waals surface area contributed by atoms with Crippen LogP contribution in [0.3, 0.4) is 0 Å². The van der Waals surface area contributed by atoms with Gasteiger partial charge in [-0.15, -0.1) is 0 Å². The molecule has 0 unspecified atom stereocenters. The summed E-state index contributed by atoms with van der Waals surface area (Å²) in [6.07, 6.45) is 1.51. The molecule has 0 saturated heterocycles. The molecule has 0 heterocycles. The Kier molecular flexibility index (Phi) is 6.64. The van der Waals surface area contributed by atoms with E-state index in [2.05, 4.69) is 10.5 Å². The Labute approximate surface area is 176 Å². The van der Waals surface area contributed by atoms with Crippen LogP contribution in [0, 0.1) is 13.8 Å². The van der Waals surface area contributed by atoms with Gasteiger partial charge in [-0.25, -0.2) is 13.8 Å². The summed E-state index contributed by atoms with van der Waals surface area (Å²) in [5.41, 5.74) is 5.70. The molecule has 0 aliphatic rings. The van der Waals surface area contributed by atoms with Crippen LogP contribution < -0.4 is 9.73 Å². The second-order valence-electron chi connectivity index (χ2n) is 6.86. The Hall–Kier alpha value is -3.45. The normalized spacial score (nSPS) is 11.4. The number of benzene rings is 3. The van der Waals surface area contributed by atoms with Crippen LogP contribution in [0.4, 0.5) is 5.69 Å². The van der Waals surface area contributed by atoms with Crippen molar-refractivity contribution in [3.05, 3.63) is 95.6 Å². The van der Waals surface area contributed by atoms with E-state index in [-0.39, 0.29) is 4.90 Å². The lowest BCUT2D eigenvalue weighted by Gasteiger charge is -2.23.